The van der Waals surface area contributed by atoms with E-state index in [1.165, 1.54) is 14.2 Å². The van der Waals surface area contributed by atoms with Gasteiger partial charge in [-0.3, -0.25) is 14.5 Å². The average Bonchev–Trinajstić information content (AvgIpc) is 3.20. The Morgan fingerprint density at radius 1 is 1.14 bits per heavy atom. The molecule has 8 nitrogen and oxygen atoms in total. The fourth-order valence-corrected chi connectivity index (χ4v) is 4.65. The zero-order valence-electron chi connectivity index (χ0n) is 16.9. The molecule has 2 fully saturated rings. The maximum Gasteiger partial charge on any atom is 0.320 e. The molecular weight excluding hydrogens is 374 g/mol. The van der Waals surface area contributed by atoms with Crippen LogP contribution in [0.1, 0.15) is 19.3 Å². The van der Waals surface area contributed by atoms with Crippen molar-refractivity contribution < 1.29 is 23.6 Å². The van der Waals surface area contributed by atoms with Crippen molar-refractivity contribution in [2.24, 2.45) is 11.8 Å². The number of carbonyl (C=O) groups excluding carboxylic acids is 2. The van der Waals surface area contributed by atoms with Gasteiger partial charge in [0.15, 0.2) is 17.3 Å². The van der Waals surface area contributed by atoms with Crippen molar-refractivity contribution in [3.05, 3.63) is 24.3 Å². The third kappa shape index (κ3) is 3.94. The van der Waals surface area contributed by atoms with Crippen LogP contribution in [-0.4, -0.2) is 68.4 Å². The van der Waals surface area contributed by atoms with Crippen LogP contribution in [0.4, 0.5) is 5.82 Å². The Balaban J connectivity index is 1.39. The number of anilines is 1. The summed E-state index contributed by atoms with van der Waals surface area (Å²) in [4.78, 5) is 28.8. The van der Waals surface area contributed by atoms with Crippen LogP contribution in [0.2, 0.25) is 0 Å². The first-order valence-corrected chi connectivity index (χ1v) is 10.1. The molecule has 2 saturated heterocycles. The summed E-state index contributed by atoms with van der Waals surface area (Å²) in [6.07, 6.45) is 2.46. The Kier molecular flexibility index (Phi) is 5.71. The first-order valence-electron chi connectivity index (χ1n) is 10.1. The van der Waals surface area contributed by atoms with Gasteiger partial charge in [-0.1, -0.05) is 17.3 Å². The molecule has 0 spiro atoms. The van der Waals surface area contributed by atoms with Gasteiger partial charge in [0.25, 0.3) is 0 Å². The van der Waals surface area contributed by atoms with Crippen LogP contribution in [0.25, 0.3) is 11.0 Å². The number of fused-ring (bicyclic) bond motifs is 2. The van der Waals surface area contributed by atoms with Crippen molar-refractivity contribution in [2.75, 3.05) is 45.3 Å². The summed E-state index contributed by atoms with van der Waals surface area (Å²) < 4.78 is 15.1. The van der Waals surface area contributed by atoms with E-state index in [1.807, 2.05) is 24.3 Å². The van der Waals surface area contributed by atoms with E-state index in [0.29, 0.717) is 12.5 Å². The molecule has 1 aromatic heterocycles. The van der Waals surface area contributed by atoms with E-state index >= 15 is 0 Å². The summed E-state index contributed by atoms with van der Waals surface area (Å²) in [5.41, 5.74) is 0.810. The van der Waals surface area contributed by atoms with Gasteiger partial charge in [0.2, 0.25) is 0 Å². The molecule has 8 heteroatoms. The van der Waals surface area contributed by atoms with Crippen molar-refractivity contribution in [2.45, 2.75) is 25.3 Å². The number of hydrogen-bond donors (Lipinski definition) is 0. The molecule has 29 heavy (non-hydrogen) atoms. The van der Waals surface area contributed by atoms with Gasteiger partial charge in [0.05, 0.1) is 19.6 Å². The molecule has 3 heterocycles. The second-order valence-electron chi connectivity index (χ2n) is 7.88. The number of piperidine rings is 1. The maximum absolute atomic E-state index is 12.0. The van der Waals surface area contributed by atoms with E-state index in [1.54, 1.807) is 0 Å². The Morgan fingerprint density at radius 2 is 1.90 bits per heavy atom. The van der Waals surface area contributed by atoms with Crippen molar-refractivity contribution >= 4 is 28.7 Å². The fraction of sp³-hybridized carbons (Fsp3) is 0.571. The highest BCUT2D eigenvalue weighted by atomic mass is 16.5. The summed E-state index contributed by atoms with van der Waals surface area (Å²) in [6.45, 7) is 3.57. The molecule has 0 amide bonds. The molecule has 0 N–H and O–H groups in total. The second kappa shape index (κ2) is 8.41. The van der Waals surface area contributed by atoms with Crippen LogP contribution >= 0.6 is 0 Å². The minimum Gasteiger partial charge on any atom is -0.468 e. The SMILES string of the molecule is COC(=O)C(C[C@@H]1CC[C@H]2CN(c3noc4ccccc34)CCN2C1)C(=O)OC. The van der Waals surface area contributed by atoms with Gasteiger partial charge in [0.1, 0.15) is 0 Å². The lowest BCUT2D eigenvalue weighted by molar-refractivity contribution is -0.160. The Hall–Kier alpha value is -2.61. The van der Waals surface area contributed by atoms with Gasteiger partial charge in [-0.2, -0.15) is 0 Å². The van der Waals surface area contributed by atoms with E-state index in [4.69, 9.17) is 14.0 Å². The molecule has 2 aliphatic rings. The molecular formula is C21H27N3O5. The fourth-order valence-electron chi connectivity index (χ4n) is 4.65. The van der Waals surface area contributed by atoms with Gasteiger partial charge in [-0.05, 0) is 37.3 Å². The Labute approximate surface area is 169 Å². The normalized spacial score (nSPS) is 22.5. The Morgan fingerprint density at radius 3 is 2.66 bits per heavy atom. The number of para-hydroxylation sites is 1. The van der Waals surface area contributed by atoms with E-state index in [9.17, 15) is 9.59 Å². The number of hydrogen-bond acceptors (Lipinski definition) is 8. The van der Waals surface area contributed by atoms with Crippen LogP contribution in [0.15, 0.2) is 28.8 Å². The minimum absolute atomic E-state index is 0.272. The quantitative estimate of drug-likeness (QED) is 0.556. The Bertz CT molecular complexity index is 866. The number of ether oxygens (including phenoxy) is 2. The highest BCUT2D eigenvalue weighted by molar-refractivity contribution is 5.94. The van der Waals surface area contributed by atoms with E-state index in [2.05, 4.69) is 15.0 Å². The van der Waals surface area contributed by atoms with Crippen LogP contribution < -0.4 is 4.90 Å². The predicted octanol–water partition coefficient (Wildman–Crippen LogP) is 2.08. The average molecular weight is 401 g/mol. The standard InChI is InChI=1S/C21H27N3O5/c1-27-20(25)17(21(26)28-2)11-14-7-8-15-13-24(10-9-23(15)12-14)19-16-5-3-4-6-18(16)29-22-19/h3-6,14-15,17H,7-13H2,1-2H3/t14-,15-/m0/s1. The lowest BCUT2D eigenvalue weighted by Crippen LogP contribution is -2.57. The predicted molar refractivity (Wildman–Crippen MR) is 106 cm³/mol. The molecule has 0 aliphatic carbocycles. The molecule has 2 aromatic rings. The van der Waals surface area contributed by atoms with Gasteiger partial charge >= 0.3 is 11.9 Å². The number of carbonyl (C=O) groups is 2. The number of methoxy groups -OCH3 is 2. The second-order valence-corrected chi connectivity index (χ2v) is 7.88. The van der Waals surface area contributed by atoms with Crippen molar-refractivity contribution in [3.63, 3.8) is 0 Å². The molecule has 2 aliphatic heterocycles. The number of esters is 2. The first-order chi connectivity index (χ1) is 14.1. The molecule has 1 aromatic carbocycles. The first kappa shape index (κ1) is 19.7. The number of piperazine rings is 1. The van der Waals surface area contributed by atoms with Crippen LogP contribution in [0.3, 0.4) is 0 Å². The summed E-state index contributed by atoms with van der Waals surface area (Å²) in [5, 5.41) is 5.35. The van der Waals surface area contributed by atoms with Gasteiger partial charge in [-0.25, -0.2) is 0 Å². The molecule has 0 unspecified atom stereocenters. The molecule has 156 valence electrons. The van der Waals surface area contributed by atoms with Crippen molar-refractivity contribution in [1.29, 1.82) is 0 Å². The van der Waals surface area contributed by atoms with Crippen molar-refractivity contribution in [1.82, 2.24) is 10.1 Å². The summed E-state index contributed by atoms with van der Waals surface area (Å²) in [7, 11) is 2.62. The van der Waals surface area contributed by atoms with Gasteiger partial charge in [-0.15, -0.1) is 0 Å². The topological polar surface area (TPSA) is 85.1 Å². The molecule has 0 saturated carbocycles. The molecule has 4 rings (SSSR count). The maximum atomic E-state index is 12.0. The number of nitrogens with zero attached hydrogens (tertiary/aromatic N) is 3. The third-order valence-electron chi connectivity index (χ3n) is 6.20. The number of aromatic nitrogens is 1. The van der Waals surface area contributed by atoms with E-state index in [0.717, 1.165) is 55.8 Å². The highest BCUT2D eigenvalue weighted by Gasteiger charge is 2.38. The van der Waals surface area contributed by atoms with Crippen LogP contribution in [0.5, 0.6) is 0 Å². The summed E-state index contributed by atoms with van der Waals surface area (Å²) in [5.74, 6) is -0.676. The zero-order chi connectivity index (χ0) is 20.4. The van der Waals surface area contributed by atoms with Crippen LogP contribution in [0, 0.1) is 11.8 Å². The monoisotopic (exact) mass is 401 g/mol. The lowest BCUT2D eigenvalue weighted by Gasteiger charge is -2.46. The molecule has 2 atom stereocenters. The third-order valence-corrected chi connectivity index (χ3v) is 6.20. The largest absolute Gasteiger partial charge is 0.468 e. The molecule has 0 bridgehead atoms. The smallest absolute Gasteiger partial charge is 0.320 e. The van der Waals surface area contributed by atoms with Crippen LogP contribution in [-0.2, 0) is 19.1 Å². The van der Waals surface area contributed by atoms with E-state index < -0.39 is 17.9 Å². The number of rotatable bonds is 5. The lowest BCUT2D eigenvalue weighted by atomic mass is 9.84. The highest BCUT2D eigenvalue weighted by Crippen LogP contribution is 2.33. The van der Waals surface area contributed by atoms with Gasteiger partial charge < -0.3 is 18.9 Å². The number of benzene rings is 1. The summed E-state index contributed by atoms with van der Waals surface area (Å²) >= 11 is 0. The minimum atomic E-state index is -0.839. The van der Waals surface area contributed by atoms with E-state index in [-0.39, 0.29) is 5.92 Å². The molecule has 0 radical (unpaired) electrons. The zero-order valence-corrected chi connectivity index (χ0v) is 16.9. The summed E-state index contributed by atoms with van der Waals surface area (Å²) in [6, 6.07) is 8.37. The van der Waals surface area contributed by atoms with Crippen molar-refractivity contribution in [3.8, 4) is 0 Å². The van der Waals surface area contributed by atoms with Gasteiger partial charge in [0, 0.05) is 32.2 Å².